The van der Waals surface area contributed by atoms with Crippen LogP contribution < -0.4 is 5.43 Å². The molecule has 1 heterocycles. The maximum absolute atomic E-state index is 12.4. The first kappa shape index (κ1) is 19.9. The molecule has 4 aromatic rings. The number of benzene rings is 3. The second-order valence-corrected chi connectivity index (χ2v) is 7.86. The van der Waals surface area contributed by atoms with Crippen molar-refractivity contribution in [1.29, 1.82) is 0 Å². The van der Waals surface area contributed by atoms with Crippen LogP contribution in [0.15, 0.2) is 82.4 Å². The number of phenols is 1. The fourth-order valence-electron chi connectivity index (χ4n) is 3.50. The van der Waals surface area contributed by atoms with E-state index in [2.05, 4.69) is 49.2 Å². The van der Waals surface area contributed by atoms with Crippen molar-refractivity contribution in [3.8, 4) is 5.75 Å². The molecule has 0 aliphatic heterocycles. The van der Waals surface area contributed by atoms with Crippen molar-refractivity contribution in [2.24, 2.45) is 5.10 Å². The maximum atomic E-state index is 12.4. The fourth-order valence-corrected chi connectivity index (χ4v) is 3.86. The number of amides is 1. The van der Waals surface area contributed by atoms with E-state index in [9.17, 15) is 9.90 Å². The predicted molar refractivity (Wildman–Crippen MR) is 123 cm³/mol. The Kier molecular flexibility index (Phi) is 5.68. The lowest BCUT2D eigenvalue weighted by Crippen LogP contribution is -2.17. The highest BCUT2D eigenvalue weighted by Gasteiger charge is 2.14. The Labute approximate surface area is 182 Å². The van der Waals surface area contributed by atoms with Gasteiger partial charge in [-0.2, -0.15) is 5.10 Å². The van der Waals surface area contributed by atoms with Crippen LogP contribution in [-0.4, -0.2) is 21.8 Å². The van der Waals surface area contributed by atoms with Crippen LogP contribution in [0.25, 0.3) is 10.9 Å². The molecule has 30 heavy (non-hydrogen) atoms. The summed E-state index contributed by atoms with van der Waals surface area (Å²) in [5.74, 6) is -0.572. The van der Waals surface area contributed by atoms with Gasteiger partial charge in [0.05, 0.1) is 11.8 Å². The standard InChI is InChI=1S/C24H20BrN3O2/c1-16-21(14-26-27-24(30)20-13-18(25)11-12-23(20)29)19-9-5-6-10-22(19)28(16)15-17-7-3-2-4-8-17/h2-14,29H,15H2,1H3,(H,27,30). The fraction of sp³-hybridized carbons (Fsp3) is 0.0833. The van der Waals surface area contributed by atoms with Crippen LogP contribution in [0.1, 0.15) is 27.2 Å². The van der Waals surface area contributed by atoms with Crippen molar-refractivity contribution in [3.63, 3.8) is 0 Å². The van der Waals surface area contributed by atoms with Gasteiger partial charge in [-0.25, -0.2) is 5.43 Å². The average molecular weight is 462 g/mol. The van der Waals surface area contributed by atoms with Gasteiger partial charge in [-0.1, -0.05) is 64.5 Å². The van der Waals surface area contributed by atoms with Crippen LogP contribution in [0.3, 0.4) is 0 Å². The van der Waals surface area contributed by atoms with Gasteiger partial charge in [0, 0.05) is 33.2 Å². The molecule has 2 N–H and O–H groups in total. The van der Waals surface area contributed by atoms with Crippen molar-refractivity contribution in [2.45, 2.75) is 13.5 Å². The van der Waals surface area contributed by atoms with Crippen molar-refractivity contribution < 1.29 is 9.90 Å². The number of hydrogen-bond donors (Lipinski definition) is 2. The van der Waals surface area contributed by atoms with Crippen LogP contribution in [0.5, 0.6) is 5.75 Å². The molecule has 0 radical (unpaired) electrons. The molecule has 0 spiro atoms. The number of aromatic hydroxyl groups is 1. The molecule has 150 valence electrons. The number of para-hydroxylation sites is 1. The Morgan fingerprint density at radius 2 is 1.83 bits per heavy atom. The minimum Gasteiger partial charge on any atom is -0.507 e. The maximum Gasteiger partial charge on any atom is 0.275 e. The molecule has 0 atom stereocenters. The molecule has 0 saturated heterocycles. The average Bonchev–Trinajstić information content (AvgIpc) is 3.02. The summed E-state index contributed by atoms with van der Waals surface area (Å²) in [4.78, 5) is 12.4. The number of hydrogen-bond acceptors (Lipinski definition) is 3. The number of carbonyl (C=O) groups is 1. The Hall–Kier alpha value is -3.38. The number of carbonyl (C=O) groups excluding carboxylic acids is 1. The summed E-state index contributed by atoms with van der Waals surface area (Å²) in [5, 5.41) is 15.1. The minimum absolute atomic E-state index is 0.0958. The SMILES string of the molecule is Cc1c(C=NNC(=O)c2cc(Br)ccc2O)c2ccccc2n1Cc1ccccc1. The quantitative estimate of drug-likeness (QED) is 0.315. The lowest BCUT2D eigenvalue weighted by atomic mass is 10.1. The van der Waals surface area contributed by atoms with E-state index in [1.165, 1.54) is 11.6 Å². The van der Waals surface area contributed by atoms with Gasteiger partial charge in [0.25, 0.3) is 5.91 Å². The van der Waals surface area contributed by atoms with E-state index in [-0.39, 0.29) is 11.3 Å². The van der Waals surface area contributed by atoms with E-state index in [1.807, 2.05) is 43.3 Å². The summed E-state index contributed by atoms with van der Waals surface area (Å²) in [6, 6.07) is 23.1. The van der Waals surface area contributed by atoms with Crippen molar-refractivity contribution in [2.75, 3.05) is 0 Å². The highest BCUT2D eigenvalue weighted by atomic mass is 79.9. The number of nitrogens with one attached hydrogen (secondary N) is 1. The van der Waals surface area contributed by atoms with Crippen LogP contribution in [0.4, 0.5) is 0 Å². The Morgan fingerprint density at radius 3 is 2.63 bits per heavy atom. The smallest absolute Gasteiger partial charge is 0.275 e. The third-order valence-electron chi connectivity index (χ3n) is 5.03. The van der Waals surface area contributed by atoms with Crippen LogP contribution >= 0.6 is 15.9 Å². The molecule has 0 aliphatic rings. The van der Waals surface area contributed by atoms with E-state index in [1.54, 1.807) is 18.3 Å². The number of nitrogens with zero attached hydrogens (tertiary/aromatic N) is 2. The second kappa shape index (κ2) is 8.55. The number of phenolic OH excluding ortho intramolecular Hbond substituents is 1. The summed E-state index contributed by atoms with van der Waals surface area (Å²) in [7, 11) is 0. The van der Waals surface area contributed by atoms with Crippen LogP contribution in [-0.2, 0) is 6.54 Å². The highest BCUT2D eigenvalue weighted by molar-refractivity contribution is 9.10. The number of halogens is 1. The molecule has 0 fully saturated rings. The molecule has 3 aromatic carbocycles. The Bertz CT molecular complexity index is 1250. The predicted octanol–water partition coefficient (Wildman–Crippen LogP) is 5.23. The molecule has 1 amide bonds. The Balaban J connectivity index is 1.63. The summed E-state index contributed by atoms with van der Waals surface area (Å²) < 4.78 is 2.95. The Morgan fingerprint density at radius 1 is 1.10 bits per heavy atom. The summed E-state index contributed by atoms with van der Waals surface area (Å²) in [6.07, 6.45) is 1.66. The van der Waals surface area contributed by atoms with Gasteiger partial charge < -0.3 is 9.67 Å². The van der Waals surface area contributed by atoms with Gasteiger partial charge in [-0.05, 0) is 36.8 Å². The molecule has 0 saturated carbocycles. The third-order valence-corrected chi connectivity index (χ3v) is 5.52. The van der Waals surface area contributed by atoms with Crippen LogP contribution in [0.2, 0.25) is 0 Å². The molecular weight excluding hydrogens is 442 g/mol. The van der Waals surface area contributed by atoms with Crippen LogP contribution in [0, 0.1) is 6.92 Å². The first-order chi connectivity index (χ1) is 14.5. The summed E-state index contributed by atoms with van der Waals surface area (Å²) in [6.45, 7) is 2.80. The van der Waals surface area contributed by atoms with Gasteiger partial charge in [0.1, 0.15) is 5.75 Å². The molecule has 6 heteroatoms. The van der Waals surface area contributed by atoms with E-state index in [4.69, 9.17) is 0 Å². The van der Waals surface area contributed by atoms with E-state index < -0.39 is 5.91 Å². The van der Waals surface area contributed by atoms with Crippen molar-refractivity contribution >= 4 is 39.0 Å². The largest absolute Gasteiger partial charge is 0.507 e. The van der Waals surface area contributed by atoms with Gasteiger partial charge >= 0.3 is 0 Å². The van der Waals surface area contributed by atoms with Crippen molar-refractivity contribution in [3.05, 3.63) is 99.7 Å². The van der Waals surface area contributed by atoms with E-state index in [0.29, 0.717) is 4.47 Å². The number of rotatable bonds is 5. The van der Waals surface area contributed by atoms with Gasteiger partial charge in [0.2, 0.25) is 0 Å². The molecule has 0 bridgehead atoms. The zero-order chi connectivity index (χ0) is 21.1. The molecular formula is C24H20BrN3O2. The lowest BCUT2D eigenvalue weighted by Gasteiger charge is -2.08. The normalized spacial score (nSPS) is 11.3. The van der Waals surface area contributed by atoms with Gasteiger partial charge in [-0.3, -0.25) is 4.79 Å². The molecule has 1 aromatic heterocycles. The number of fused-ring (bicyclic) bond motifs is 1. The van der Waals surface area contributed by atoms with Gasteiger partial charge in [0.15, 0.2) is 0 Å². The number of aromatic nitrogens is 1. The zero-order valence-electron chi connectivity index (χ0n) is 16.3. The first-order valence-corrected chi connectivity index (χ1v) is 10.3. The van der Waals surface area contributed by atoms with Crippen molar-refractivity contribution in [1.82, 2.24) is 9.99 Å². The third kappa shape index (κ3) is 4.00. The molecule has 4 rings (SSSR count). The monoisotopic (exact) mass is 461 g/mol. The molecule has 0 aliphatic carbocycles. The lowest BCUT2D eigenvalue weighted by molar-refractivity contribution is 0.0952. The molecule has 0 unspecified atom stereocenters. The van der Waals surface area contributed by atoms with E-state index >= 15 is 0 Å². The zero-order valence-corrected chi connectivity index (χ0v) is 17.9. The van der Waals surface area contributed by atoms with Gasteiger partial charge in [-0.15, -0.1) is 0 Å². The summed E-state index contributed by atoms with van der Waals surface area (Å²) in [5.41, 5.74) is 6.99. The molecule has 5 nitrogen and oxygen atoms in total. The topological polar surface area (TPSA) is 66.6 Å². The second-order valence-electron chi connectivity index (χ2n) is 6.95. The van der Waals surface area contributed by atoms with E-state index in [0.717, 1.165) is 28.7 Å². The first-order valence-electron chi connectivity index (χ1n) is 9.48. The number of hydrazone groups is 1. The summed E-state index contributed by atoms with van der Waals surface area (Å²) >= 11 is 3.30. The minimum atomic E-state index is -0.476. The highest BCUT2D eigenvalue weighted by Crippen LogP contribution is 2.26.